The molecule has 5 rings (SSSR count). The molecule has 0 aliphatic carbocycles. The lowest BCUT2D eigenvalue weighted by Gasteiger charge is -2.36. The van der Waals surface area contributed by atoms with Gasteiger partial charge in [0.25, 0.3) is 11.9 Å². The first-order chi connectivity index (χ1) is 16.0. The van der Waals surface area contributed by atoms with Gasteiger partial charge in [0.05, 0.1) is 17.5 Å². The van der Waals surface area contributed by atoms with Gasteiger partial charge in [0.1, 0.15) is 17.3 Å². The molecule has 0 N–H and O–H groups in total. The molecule has 0 spiro atoms. The number of halogens is 1. The summed E-state index contributed by atoms with van der Waals surface area (Å²) in [6.45, 7) is 6.22. The molecule has 1 amide bonds. The van der Waals surface area contributed by atoms with E-state index in [4.69, 9.17) is 4.42 Å². The number of rotatable bonds is 4. The first-order valence-electron chi connectivity index (χ1n) is 10.7. The van der Waals surface area contributed by atoms with Crippen molar-refractivity contribution < 1.29 is 13.6 Å². The molecule has 8 nitrogen and oxygen atoms in total. The number of hydrogen-bond donors (Lipinski definition) is 0. The van der Waals surface area contributed by atoms with Crippen molar-refractivity contribution in [1.29, 1.82) is 0 Å². The molecule has 9 heteroatoms. The summed E-state index contributed by atoms with van der Waals surface area (Å²) < 4.78 is 20.4. The van der Waals surface area contributed by atoms with Crippen LogP contribution in [0.2, 0.25) is 0 Å². The van der Waals surface area contributed by atoms with Gasteiger partial charge in [-0.3, -0.25) is 4.79 Å². The van der Waals surface area contributed by atoms with Crippen LogP contribution in [0, 0.1) is 19.7 Å². The highest BCUT2D eigenvalue weighted by atomic mass is 19.1. The number of aryl methyl sites for hydroxylation is 1. The lowest BCUT2D eigenvalue weighted by Crippen LogP contribution is -2.48. The Hall–Kier alpha value is -4.01. The van der Waals surface area contributed by atoms with Gasteiger partial charge in [-0.15, -0.1) is 0 Å². The van der Waals surface area contributed by atoms with E-state index >= 15 is 0 Å². The second kappa shape index (κ2) is 8.50. The van der Waals surface area contributed by atoms with Crippen LogP contribution in [0.4, 0.5) is 10.1 Å². The zero-order chi connectivity index (χ0) is 22.9. The normalized spacial score (nSPS) is 14.0. The van der Waals surface area contributed by atoms with Gasteiger partial charge in [0.15, 0.2) is 5.76 Å². The van der Waals surface area contributed by atoms with Crippen molar-refractivity contribution in [2.75, 3.05) is 31.1 Å². The quantitative estimate of drug-likeness (QED) is 0.476. The van der Waals surface area contributed by atoms with Gasteiger partial charge in [-0.2, -0.15) is 5.10 Å². The van der Waals surface area contributed by atoms with Gasteiger partial charge in [0.2, 0.25) is 0 Å². The Bertz CT molecular complexity index is 1290. The number of anilines is 1. The van der Waals surface area contributed by atoms with Crippen molar-refractivity contribution >= 4 is 11.6 Å². The van der Waals surface area contributed by atoms with Crippen LogP contribution in [0.15, 0.2) is 59.3 Å². The van der Waals surface area contributed by atoms with E-state index in [1.165, 1.54) is 12.1 Å². The van der Waals surface area contributed by atoms with Gasteiger partial charge in [-0.25, -0.2) is 19.0 Å². The third-order valence-corrected chi connectivity index (χ3v) is 5.82. The minimum atomic E-state index is -0.256. The lowest BCUT2D eigenvalue weighted by molar-refractivity contribution is 0.0746. The zero-order valence-corrected chi connectivity index (χ0v) is 18.4. The maximum Gasteiger partial charge on any atom is 0.257 e. The van der Waals surface area contributed by atoms with Crippen LogP contribution in [0.5, 0.6) is 0 Å². The number of hydrogen-bond acceptors (Lipinski definition) is 6. The highest BCUT2D eigenvalue weighted by Gasteiger charge is 2.26. The summed E-state index contributed by atoms with van der Waals surface area (Å²) in [5.74, 6) is 1.49. The molecule has 3 aromatic heterocycles. The molecule has 0 unspecified atom stereocenters. The summed E-state index contributed by atoms with van der Waals surface area (Å²) in [5, 5.41) is 4.38. The van der Waals surface area contributed by atoms with Gasteiger partial charge in [-0.1, -0.05) is 0 Å². The molecule has 1 aromatic carbocycles. The van der Waals surface area contributed by atoms with Crippen LogP contribution < -0.4 is 4.90 Å². The lowest BCUT2D eigenvalue weighted by atomic mass is 10.2. The Morgan fingerprint density at radius 2 is 1.76 bits per heavy atom. The van der Waals surface area contributed by atoms with Gasteiger partial charge in [-0.05, 0) is 56.3 Å². The zero-order valence-electron chi connectivity index (χ0n) is 18.4. The maximum atomic E-state index is 13.2. The number of carbonyl (C=O) groups excluding carboxylic acids is 1. The summed E-state index contributed by atoms with van der Waals surface area (Å²) in [4.78, 5) is 26.0. The molecule has 0 radical (unpaired) electrons. The third kappa shape index (κ3) is 4.09. The van der Waals surface area contributed by atoms with Crippen LogP contribution >= 0.6 is 0 Å². The average molecular weight is 446 g/mol. The van der Waals surface area contributed by atoms with E-state index in [2.05, 4.69) is 20.0 Å². The maximum absolute atomic E-state index is 13.2. The Morgan fingerprint density at radius 3 is 2.45 bits per heavy atom. The van der Waals surface area contributed by atoms with Gasteiger partial charge >= 0.3 is 0 Å². The molecule has 0 atom stereocenters. The van der Waals surface area contributed by atoms with Crippen molar-refractivity contribution in [2.45, 2.75) is 13.8 Å². The SMILES string of the molecule is Cc1ccc(-c2ccnc(-n3ncc(C(=O)N4CCN(c5ccc(F)cc5)CC4)c3C)n2)o1. The Labute approximate surface area is 190 Å². The highest BCUT2D eigenvalue weighted by molar-refractivity contribution is 5.95. The number of aromatic nitrogens is 4. The van der Waals surface area contributed by atoms with E-state index in [0.717, 1.165) is 11.4 Å². The van der Waals surface area contributed by atoms with Gasteiger partial charge in [0, 0.05) is 38.1 Å². The van der Waals surface area contributed by atoms with E-state index in [1.54, 1.807) is 35.3 Å². The summed E-state index contributed by atoms with van der Waals surface area (Å²) in [7, 11) is 0. The van der Waals surface area contributed by atoms with Crippen LogP contribution in [-0.4, -0.2) is 56.7 Å². The van der Waals surface area contributed by atoms with Crippen LogP contribution in [-0.2, 0) is 0 Å². The smallest absolute Gasteiger partial charge is 0.257 e. The second-order valence-electron chi connectivity index (χ2n) is 7.96. The van der Waals surface area contributed by atoms with E-state index in [-0.39, 0.29) is 11.7 Å². The first-order valence-corrected chi connectivity index (χ1v) is 10.7. The molecule has 1 saturated heterocycles. The minimum absolute atomic E-state index is 0.0738. The van der Waals surface area contributed by atoms with Crippen LogP contribution in [0.1, 0.15) is 21.8 Å². The molecular weight excluding hydrogens is 423 g/mol. The van der Waals surface area contributed by atoms with Crippen molar-refractivity contribution in [1.82, 2.24) is 24.6 Å². The fourth-order valence-electron chi connectivity index (χ4n) is 3.97. The largest absolute Gasteiger partial charge is 0.460 e. The highest BCUT2D eigenvalue weighted by Crippen LogP contribution is 2.22. The minimum Gasteiger partial charge on any atom is -0.460 e. The monoisotopic (exact) mass is 446 g/mol. The third-order valence-electron chi connectivity index (χ3n) is 5.82. The summed E-state index contributed by atoms with van der Waals surface area (Å²) in [6, 6.07) is 11.9. The molecular formula is C24H23FN6O2. The molecule has 168 valence electrons. The average Bonchev–Trinajstić information content (AvgIpc) is 3.45. The Kier molecular flexibility index (Phi) is 5.37. The summed E-state index contributed by atoms with van der Waals surface area (Å²) >= 11 is 0. The number of benzene rings is 1. The molecule has 4 aromatic rings. The molecule has 4 heterocycles. The van der Waals surface area contributed by atoms with Crippen molar-refractivity contribution in [3.8, 4) is 17.4 Å². The predicted octanol–water partition coefficient (Wildman–Crippen LogP) is 3.64. The summed E-state index contributed by atoms with van der Waals surface area (Å²) in [6.07, 6.45) is 3.21. The van der Waals surface area contributed by atoms with E-state index < -0.39 is 0 Å². The number of furan rings is 1. The van der Waals surface area contributed by atoms with Crippen molar-refractivity contribution in [3.05, 3.63) is 77.7 Å². The standard InChI is InChI=1S/C24H23FN6O2/c1-16-3-8-22(33-16)21-9-10-26-24(28-21)31-17(2)20(15-27-31)23(32)30-13-11-29(12-14-30)19-6-4-18(25)5-7-19/h3-10,15H,11-14H2,1-2H3. The Morgan fingerprint density at radius 1 is 1.00 bits per heavy atom. The summed E-state index contributed by atoms with van der Waals surface area (Å²) in [5.41, 5.74) is 2.80. The molecule has 0 bridgehead atoms. The molecule has 0 saturated carbocycles. The molecule has 33 heavy (non-hydrogen) atoms. The first kappa shape index (κ1) is 20.9. The molecule has 1 aliphatic rings. The fraction of sp³-hybridized carbons (Fsp3) is 0.250. The Balaban J connectivity index is 1.31. The molecule has 1 fully saturated rings. The van der Waals surface area contributed by atoms with E-state index in [9.17, 15) is 9.18 Å². The van der Waals surface area contributed by atoms with Crippen LogP contribution in [0.3, 0.4) is 0 Å². The van der Waals surface area contributed by atoms with E-state index in [1.807, 2.05) is 30.9 Å². The number of piperazine rings is 1. The number of nitrogens with zero attached hydrogens (tertiary/aromatic N) is 6. The fourth-order valence-corrected chi connectivity index (χ4v) is 3.97. The van der Waals surface area contributed by atoms with Crippen molar-refractivity contribution in [2.24, 2.45) is 0 Å². The van der Waals surface area contributed by atoms with Crippen LogP contribution in [0.25, 0.3) is 17.4 Å². The van der Waals surface area contributed by atoms with Crippen molar-refractivity contribution in [3.63, 3.8) is 0 Å². The van der Waals surface area contributed by atoms with E-state index in [0.29, 0.717) is 54.8 Å². The van der Waals surface area contributed by atoms with Gasteiger partial charge < -0.3 is 14.2 Å². The number of amides is 1. The predicted molar refractivity (Wildman–Crippen MR) is 121 cm³/mol. The second-order valence-corrected chi connectivity index (χ2v) is 7.96. The topological polar surface area (TPSA) is 80.3 Å². The number of carbonyl (C=O) groups is 1. The molecule has 1 aliphatic heterocycles.